The van der Waals surface area contributed by atoms with Gasteiger partial charge in [-0.1, -0.05) is 12.1 Å². The molecule has 22 heavy (non-hydrogen) atoms. The minimum atomic E-state index is -0.531. The van der Waals surface area contributed by atoms with Gasteiger partial charge in [0.1, 0.15) is 12.2 Å². The van der Waals surface area contributed by atoms with Crippen LogP contribution < -0.4 is 5.32 Å². The van der Waals surface area contributed by atoms with Gasteiger partial charge < -0.3 is 10.2 Å². The van der Waals surface area contributed by atoms with E-state index in [1.54, 1.807) is 17.0 Å². The molecule has 2 rings (SSSR count). The zero-order chi connectivity index (χ0) is 15.9. The van der Waals surface area contributed by atoms with Crippen molar-refractivity contribution in [2.24, 2.45) is 5.92 Å². The predicted molar refractivity (Wildman–Crippen MR) is 78.3 cm³/mol. The molecule has 0 bridgehead atoms. The Hall–Kier alpha value is -2.42. The molecule has 6 heteroatoms. The van der Waals surface area contributed by atoms with Crippen LogP contribution in [0.5, 0.6) is 0 Å². The summed E-state index contributed by atoms with van der Waals surface area (Å²) in [5.41, 5.74) is 0.0455. The lowest BCUT2D eigenvalue weighted by Crippen LogP contribution is -2.41. The van der Waals surface area contributed by atoms with Gasteiger partial charge in [-0.2, -0.15) is 5.26 Å². The summed E-state index contributed by atoms with van der Waals surface area (Å²) in [4.78, 5) is 25.2. The number of rotatable bonds is 4. The molecule has 0 aliphatic carbocycles. The van der Waals surface area contributed by atoms with Gasteiger partial charge in [0.05, 0.1) is 11.6 Å². The van der Waals surface area contributed by atoms with Crippen molar-refractivity contribution in [1.82, 2.24) is 10.2 Å². The van der Waals surface area contributed by atoms with Gasteiger partial charge in [-0.05, 0) is 30.9 Å². The number of hydrogen-bond acceptors (Lipinski definition) is 3. The quantitative estimate of drug-likeness (QED) is 0.920. The number of nitrogens with zero attached hydrogens (tertiary/aromatic N) is 2. The number of benzene rings is 1. The lowest BCUT2D eigenvalue weighted by Gasteiger charge is -2.31. The van der Waals surface area contributed by atoms with Gasteiger partial charge in [0.15, 0.2) is 0 Å². The molecule has 1 heterocycles. The van der Waals surface area contributed by atoms with Crippen molar-refractivity contribution in [2.45, 2.75) is 19.3 Å². The maximum Gasteiger partial charge on any atom is 0.254 e. The average molecular weight is 303 g/mol. The maximum atomic E-state index is 13.5. The summed E-state index contributed by atoms with van der Waals surface area (Å²) in [5.74, 6) is -0.823. The van der Waals surface area contributed by atoms with Crippen LogP contribution in [-0.2, 0) is 4.79 Å². The van der Waals surface area contributed by atoms with E-state index in [0.29, 0.717) is 19.6 Å². The smallest absolute Gasteiger partial charge is 0.254 e. The first-order valence-corrected chi connectivity index (χ1v) is 7.29. The summed E-state index contributed by atoms with van der Waals surface area (Å²) in [5, 5.41) is 11.3. The molecule has 0 aromatic heterocycles. The Morgan fingerprint density at radius 2 is 2.00 bits per heavy atom. The van der Waals surface area contributed by atoms with E-state index in [4.69, 9.17) is 5.26 Å². The molecule has 1 saturated heterocycles. The molecule has 0 unspecified atom stereocenters. The molecule has 1 fully saturated rings. The van der Waals surface area contributed by atoms with Crippen molar-refractivity contribution in [3.05, 3.63) is 35.6 Å². The summed E-state index contributed by atoms with van der Waals surface area (Å²) in [6.45, 7) is 1.66. The SMILES string of the molecule is N#CCC(=O)N1CCC(CNC(=O)c2ccccc2F)CC1. The van der Waals surface area contributed by atoms with Crippen LogP contribution in [0.1, 0.15) is 29.6 Å². The van der Waals surface area contributed by atoms with Crippen molar-refractivity contribution >= 4 is 11.8 Å². The molecular formula is C16H18FN3O2. The van der Waals surface area contributed by atoms with Gasteiger partial charge in [0, 0.05) is 19.6 Å². The van der Waals surface area contributed by atoms with Crippen LogP contribution in [0, 0.1) is 23.1 Å². The second-order valence-electron chi connectivity index (χ2n) is 5.35. The number of nitrogens with one attached hydrogen (secondary N) is 1. The van der Waals surface area contributed by atoms with Crippen LogP contribution in [0.3, 0.4) is 0 Å². The minimum absolute atomic E-state index is 0.0455. The second kappa shape index (κ2) is 7.55. The molecule has 1 N–H and O–H groups in total. The molecule has 0 spiro atoms. The zero-order valence-electron chi connectivity index (χ0n) is 12.2. The van der Waals surface area contributed by atoms with Crippen molar-refractivity contribution in [3.8, 4) is 6.07 Å². The molecule has 1 aromatic carbocycles. The molecule has 0 atom stereocenters. The van der Waals surface area contributed by atoms with E-state index >= 15 is 0 Å². The number of piperidine rings is 1. The second-order valence-corrected chi connectivity index (χ2v) is 5.35. The van der Waals surface area contributed by atoms with Crippen LogP contribution in [0.25, 0.3) is 0 Å². The van der Waals surface area contributed by atoms with Crippen molar-refractivity contribution < 1.29 is 14.0 Å². The van der Waals surface area contributed by atoms with Crippen molar-refractivity contribution in [1.29, 1.82) is 5.26 Å². The highest BCUT2D eigenvalue weighted by Crippen LogP contribution is 2.17. The molecule has 116 valence electrons. The fraction of sp³-hybridized carbons (Fsp3) is 0.438. The van der Waals surface area contributed by atoms with E-state index in [1.807, 2.05) is 6.07 Å². The third kappa shape index (κ3) is 4.04. The van der Waals surface area contributed by atoms with Crippen LogP contribution in [0.15, 0.2) is 24.3 Å². The van der Waals surface area contributed by atoms with Crippen LogP contribution in [0.4, 0.5) is 4.39 Å². The lowest BCUT2D eigenvalue weighted by atomic mass is 9.96. The first-order valence-electron chi connectivity index (χ1n) is 7.29. The van der Waals surface area contributed by atoms with E-state index in [-0.39, 0.29) is 23.8 Å². The van der Waals surface area contributed by atoms with Gasteiger partial charge in [-0.25, -0.2) is 4.39 Å². The van der Waals surface area contributed by atoms with E-state index in [9.17, 15) is 14.0 Å². The standard InChI is InChI=1S/C16H18FN3O2/c17-14-4-2-1-3-13(14)16(22)19-11-12-6-9-20(10-7-12)15(21)5-8-18/h1-4,12H,5-7,9-11H2,(H,19,22). The number of halogens is 1. The van der Waals surface area contributed by atoms with Crippen molar-refractivity contribution in [2.75, 3.05) is 19.6 Å². The van der Waals surface area contributed by atoms with Crippen LogP contribution in [0.2, 0.25) is 0 Å². The first-order chi connectivity index (χ1) is 10.6. The summed E-state index contributed by atoms with van der Waals surface area (Å²) in [6, 6.07) is 7.73. The number of nitriles is 1. The minimum Gasteiger partial charge on any atom is -0.352 e. The fourth-order valence-corrected chi connectivity index (χ4v) is 2.54. The molecular weight excluding hydrogens is 285 g/mol. The number of carbonyl (C=O) groups excluding carboxylic acids is 2. The molecule has 2 amide bonds. The molecule has 1 aromatic rings. The highest BCUT2D eigenvalue weighted by Gasteiger charge is 2.23. The van der Waals surface area contributed by atoms with Gasteiger partial charge in [-0.3, -0.25) is 9.59 Å². The molecule has 5 nitrogen and oxygen atoms in total. The third-order valence-electron chi connectivity index (χ3n) is 3.87. The third-order valence-corrected chi connectivity index (χ3v) is 3.87. The Kier molecular flexibility index (Phi) is 5.48. The topological polar surface area (TPSA) is 73.2 Å². The molecule has 0 radical (unpaired) electrons. The summed E-state index contributed by atoms with van der Waals surface area (Å²) >= 11 is 0. The molecule has 1 aliphatic heterocycles. The Balaban J connectivity index is 1.78. The van der Waals surface area contributed by atoms with Crippen molar-refractivity contribution in [3.63, 3.8) is 0 Å². The molecule has 1 aliphatic rings. The highest BCUT2D eigenvalue weighted by atomic mass is 19.1. The maximum absolute atomic E-state index is 13.5. The summed E-state index contributed by atoms with van der Waals surface area (Å²) in [6.07, 6.45) is 1.46. The Labute approximate surface area is 128 Å². The lowest BCUT2D eigenvalue weighted by molar-refractivity contribution is -0.131. The van der Waals surface area contributed by atoms with Gasteiger partial charge in [0.25, 0.3) is 5.91 Å². The Morgan fingerprint density at radius 3 is 2.64 bits per heavy atom. The monoisotopic (exact) mass is 303 g/mol. The number of hydrogen-bond donors (Lipinski definition) is 1. The van der Waals surface area contributed by atoms with Crippen LogP contribution in [-0.4, -0.2) is 36.3 Å². The summed E-state index contributed by atoms with van der Waals surface area (Å²) in [7, 11) is 0. The normalized spacial score (nSPS) is 15.2. The predicted octanol–water partition coefficient (Wildman–Crippen LogP) is 1.71. The largest absolute Gasteiger partial charge is 0.352 e. The molecule has 0 saturated carbocycles. The zero-order valence-corrected chi connectivity index (χ0v) is 12.2. The van der Waals surface area contributed by atoms with E-state index in [2.05, 4.69) is 5.32 Å². The average Bonchev–Trinajstić information content (AvgIpc) is 2.54. The fourth-order valence-electron chi connectivity index (χ4n) is 2.54. The summed E-state index contributed by atoms with van der Waals surface area (Å²) < 4.78 is 13.5. The highest BCUT2D eigenvalue weighted by molar-refractivity contribution is 5.94. The van der Waals surface area contributed by atoms with Crippen LogP contribution >= 0.6 is 0 Å². The number of carbonyl (C=O) groups is 2. The van der Waals surface area contributed by atoms with E-state index in [0.717, 1.165) is 12.8 Å². The first kappa shape index (κ1) is 16.0. The Morgan fingerprint density at radius 1 is 1.32 bits per heavy atom. The van der Waals surface area contributed by atoms with Gasteiger partial charge in [-0.15, -0.1) is 0 Å². The van der Waals surface area contributed by atoms with E-state index in [1.165, 1.54) is 12.1 Å². The van der Waals surface area contributed by atoms with Gasteiger partial charge in [0.2, 0.25) is 5.91 Å². The van der Waals surface area contributed by atoms with Gasteiger partial charge >= 0.3 is 0 Å². The van der Waals surface area contributed by atoms with E-state index < -0.39 is 11.7 Å². The Bertz CT molecular complexity index is 589. The number of amides is 2. The number of likely N-dealkylation sites (tertiary alicyclic amines) is 1.